The maximum Gasteiger partial charge on any atom is 0.229 e. The first-order valence-electron chi connectivity index (χ1n) is 9.77. The smallest absolute Gasteiger partial charge is 0.229 e. The molecule has 3 aromatic rings. The van der Waals surface area contributed by atoms with E-state index in [1.807, 2.05) is 10.9 Å². The second-order valence-electron chi connectivity index (χ2n) is 8.21. The molecule has 5 rings (SSSR count). The van der Waals surface area contributed by atoms with Crippen LogP contribution >= 0.6 is 0 Å². The van der Waals surface area contributed by atoms with Crippen LogP contribution in [0.1, 0.15) is 31.7 Å². The Balaban J connectivity index is 1.37. The molecule has 1 aliphatic heterocycles. The van der Waals surface area contributed by atoms with Crippen LogP contribution in [0.15, 0.2) is 41.6 Å². The summed E-state index contributed by atoms with van der Waals surface area (Å²) in [4.78, 5) is 9.33. The van der Waals surface area contributed by atoms with Gasteiger partial charge in [0.05, 0.1) is 35.7 Å². The maximum absolute atomic E-state index is 11.6. The van der Waals surface area contributed by atoms with Gasteiger partial charge >= 0.3 is 0 Å². The predicted octanol–water partition coefficient (Wildman–Crippen LogP) is 3.11. The molecule has 0 unspecified atom stereocenters. The number of rotatable bonds is 4. The largest absolute Gasteiger partial charge is 0.380 e. The molecule has 1 saturated carbocycles. The number of nitrogens with one attached hydrogen (secondary N) is 1. The van der Waals surface area contributed by atoms with Crippen molar-refractivity contribution in [3.05, 3.63) is 36.7 Å². The lowest BCUT2D eigenvalue weighted by Crippen LogP contribution is -2.45. The third-order valence-corrected chi connectivity index (χ3v) is 7.18. The van der Waals surface area contributed by atoms with Gasteiger partial charge in [-0.15, -0.1) is 0 Å². The third kappa shape index (κ3) is 3.49. The molecule has 9 heteroatoms. The van der Waals surface area contributed by atoms with Crippen LogP contribution in [0.25, 0.3) is 11.0 Å². The van der Waals surface area contributed by atoms with Gasteiger partial charge in [0.15, 0.2) is 15.5 Å². The zero-order valence-electron chi connectivity index (χ0n) is 16.2. The minimum absolute atomic E-state index is 0.282. The number of nitrogens with zero attached hydrogens (tertiary/aromatic N) is 4. The topological polar surface area (TPSA) is 99.0 Å². The molecule has 0 radical (unpaired) electrons. The van der Waals surface area contributed by atoms with Crippen molar-refractivity contribution in [2.75, 3.05) is 24.8 Å². The molecule has 0 bridgehead atoms. The normalized spacial score (nSPS) is 19.3. The molecule has 2 aliphatic rings. The molecule has 1 aromatic carbocycles. The highest BCUT2D eigenvalue weighted by Gasteiger charge is 2.42. The molecule has 3 heterocycles. The molecule has 29 heavy (non-hydrogen) atoms. The summed E-state index contributed by atoms with van der Waals surface area (Å²) in [5.41, 5.74) is 1.95. The van der Waals surface area contributed by atoms with Crippen molar-refractivity contribution in [1.29, 1.82) is 0 Å². The molecule has 0 amide bonds. The SMILES string of the molecule is CS(=O)(=O)c1ccc(Nc2ncc3cnn(C4CCC5(CC4)COC5)c3n2)cc1. The van der Waals surface area contributed by atoms with Crippen LogP contribution in [-0.2, 0) is 14.6 Å². The van der Waals surface area contributed by atoms with E-state index in [4.69, 9.17) is 4.74 Å². The van der Waals surface area contributed by atoms with Crippen molar-refractivity contribution < 1.29 is 13.2 Å². The van der Waals surface area contributed by atoms with E-state index in [1.165, 1.54) is 19.1 Å². The number of fused-ring (bicyclic) bond motifs is 1. The van der Waals surface area contributed by atoms with Crippen LogP contribution in [0.4, 0.5) is 11.6 Å². The van der Waals surface area contributed by atoms with Crippen molar-refractivity contribution in [2.24, 2.45) is 5.41 Å². The fourth-order valence-electron chi connectivity index (χ4n) is 4.22. The first-order valence-corrected chi connectivity index (χ1v) is 11.7. The van der Waals surface area contributed by atoms with Crippen molar-refractivity contribution in [3.63, 3.8) is 0 Å². The van der Waals surface area contributed by atoms with E-state index in [9.17, 15) is 8.42 Å². The average molecular weight is 414 g/mol. The maximum atomic E-state index is 11.6. The second kappa shape index (κ2) is 6.77. The molecule has 2 aromatic heterocycles. The molecule has 1 saturated heterocycles. The summed E-state index contributed by atoms with van der Waals surface area (Å²) in [6.07, 6.45) is 9.28. The van der Waals surface area contributed by atoms with E-state index in [0.29, 0.717) is 17.4 Å². The van der Waals surface area contributed by atoms with Gasteiger partial charge in [-0.1, -0.05) is 0 Å². The molecule has 0 atom stereocenters. The zero-order chi connectivity index (χ0) is 20.1. The summed E-state index contributed by atoms with van der Waals surface area (Å²) in [7, 11) is -3.22. The van der Waals surface area contributed by atoms with Crippen molar-refractivity contribution >= 4 is 32.5 Å². The number of benzene rings is 1. The number of anilines is 2. The van der Waals surface area contributed by atoms with Crippen molar-refractivity contribution in [1.82, 2.24) is 19.7 Å². The van der Waals surface area contributed by atoms with E-state index in [0.717, 1.165) is 42.8 Å². The first-order chi connectivity index (χ1) is 13.9. The van der Waals surface area contributed by atoms with Gasteiger partial charge in [-0.3, -0.25) is 0 Å². The molecule has 152 valence electrons. The molecule has 1 aliphatic carbocycles. The summed E-state index contributed by atoms with van der Waals surface area (Å²) in [5, 5.41) is 8.65. The van der Waals surface area contributed by atoms with Crippen LogP contribution in [0.2, 0.25) is 0 Å². The highest BCUT2D eigenvalue weighted by atomic mass is 32.2. The van der Waals surface area contributed by atoms with Gasteiger partial charge in [-0.2, -0.15) is 10.1 Å². The van der Waals surface area contributed by atoms with Gasteiger partial charge in [-0.25, -0.2) is 18.1 Å². The summed E-state index contributed by atoms with van der Waals surface area (Å²) in [5.74, 6) is 0.464. The Bertz CT molecular complexity index is 1140. The molecular formula is C20H23N5O3S. The van der Waals surface area contributed by atoms with E-state index in [-0.39, 0.29) is 4.90 Å². The average Bonchev–Trinajstić information content (AvgIpc) is 3.10. The van der Waals surface area contributed by atoms with Gasteiger partial charge in [0.2, 0.25) is 5.95 Å². The Morgan fingerprint density at radius 2 is 1.86 bits per heavy atom. The van der Waals surface area contributed by atoms with Crippen LogP contribution in [-0.4, -0.2) is 47.6 Å². The van der Waals surface area contributed by atoms with Gasteiger partial charge in [0.1, 0.15) is 0 Å². The molecular weight excluding hydrogens is 390 g/mol. The number of hydrogen-bond acceptors (Lipinski definition) is 7. The fourth-order valence-corrected chi connectivity index (χ4v) is 4.85. The van der Waals surface area contributed by atoms with Gasteiger partial charge in [0, 0.05) is 23.6 Å². The summed E-state index contributed by atoms with van der Waals surface area (Å²) >= 11 is 0. The van der Waals surface area contributed by atoms with Crippen LogP contribution < -0.4 is 5.32 Å². The van der Waals surface area contributed by atoms with Crippen LogP contribution in [0.3, 0.4) is 0 Å². The highest BCUT2D eigenvalue weighted by molar-refractivity contribution is 7.90. The Morgan fingerprint density at radius 3 is 2.48 bits per heavy atom. The van der Waals surface area contributed by atoms with E-state index in [1.54, 1.807) is 30.5 Å². The van der Waals surface area contributed by atoms with Gasteiger partial charge in [-0.05, 0) is 49.9 Å². The molecule has 2 fully saturated rings. The Labute approximate surface area is 169 Å². The number of hydrogen-bond donors (Lipinski definition) is 1. The van der Waals surface area contributed by atoms with Gasteiger partial charge in [0.25, 0.3) is 0 Å². The van der Waals surface area contributed by atoms with Crippen molar-refractivity contribution in [3.8, 4) is 0 Å². The van der Waals surface area contributed by atoms with E-state index >= 15 is 0 Å². The summed E-state index contributed by atoms with van der Waals surface area (Å²) in [6, 6.07) is 6.91. The Kier molecular flexibility index (Phi) is 4.32. The molecule has 1 N–H and O–H groups in total. The van der Waals surface area contributed by atoms with E-state index in [2.05, 4.69) is 20.4 Å². The third-order valence-electron chi connectivity index (χ3n) is 6.05. The molecule has 8 nitrogen and oxygen atoms in total. The standard InChI is InChI=1S/C20H23N5O3S/c1-29(26,27)17-4-2-15(3-5-17)23-19-21-10-14-11-22-25(18(14)24-19)16-6-8-20(9-7-16)12-28-13-20/h2-5,10-11,16H,6-9,12-13H2,1H3,(H,21,23,24). The lowest BCUT2D eigenvalue weighted by Gasteiger charge is -2.46. The quantitative estimate of drug-likeness (QED) is 0.701. The monoisotopic (exact) mass is 413 g/mol. The number of ether oxygens (including phenoxy) is 1. The van der Waals surface area contributed by atoms with Gasteiger partial charge < -0.3 is 10.1 Å². The fraction of sp³-hybridized carbons (Fsp3) is 0.450. The summed E-state index contributed by atoms with van der Waals surface area (Å²) < 4.78 is 30.7. The minimum atomic E-state index is -3.22. The highest BCUT2D eigenvalue weighted by Crippen LogP contribution is 2.45. The molecule has 1 spiro atoms. The van der Waals surface area contributed by atoms with Crippen LogP contribution in [0, 0.1) is 5.41 Å². The van der Waals surface area contributed by atoms with Crippen LogP contribution in [0.5, 0.6) is 0 Å². The van der Waals surface area contributed by atoms with Crippen molar-refractivity contribution in [2.45, 2.75) is 36.6 Å². The predicted molar refractivity (Wildman–Crippen MR) is 109 cm³/mol. The Hall–Kier alpha value is -2.52. The second-order valence-corrected chi connectivity index (χ2v) is 10.2. The number of aromatic nitrogens is 4. The first kappa shape index (κ1) is 18.5. The minimum Gasteiger partial charge on any atom is -0.380 e. The lowest BCUT2D eigenvalue weighted by molar-refractivity contribution is -0.135. The summed E-state index contributed by atoms with van der Waals surface area (Å²) in [6.45, 7) is 1.79. The zero-order valence-corrected chi connectivity index (χ0v) is 17.0. The number of sulfone groups is 1. The Morgan fingerprint density at radius 1 is 1.14 bits per heavy atom. The van der Waals surface area contributed by atoms with E-state index < -0.39 is 9.84 Å². The lowest BCUT2D eigenvalue weighted by atomic mass is 9.71.